The van der Waals surface area contributed by atoms with Gasteiger partial charge in [-0.15, -0.1) is 0 Å². The first-order chi connectivity index (χ1) is 12.7. The number of aryl methyl sites for hydroxylation is 1. The molecule has 0 atom stereocenters. The first-order valence-electron chi connectivity index (χ1n) is 8.85. The normalized spacial score (nSPS) is 11.1. The summed E-state index contributed by atoms with van der Waals surface area (Å²) in [6, 6.07) is 1.44. The number of phenolic OH excluding ortho intramolecular Hbond substituents is 2. The van der Waals surface area contributed by atoms with E-state index in [0.29, 0.717) is 12.0 Å². The molecule has 0 aliphatic carbocycles. The topological polar surface area (TPSA) is 95.9 Å². The monoisotopic (exact) mass is 375 g/mol. The Kier molecular flexibility index (Phi) is 8.59. The molecule has 0 aliphatic rings. The van der Waals surface area contributed by atoms with Crippen LogP contribution in [0.15, 0.2) is 29.4 Å². The summed E-state index contributed by atoms with van der Waals surface area (Å²) in [7, 11) is 1.22. The highest BCUT2D eigenvalue weighted by Gasteiger charge is 2.21. The zero-order valence-electron chi connectivity index (χ0n) is 16.7. The van der Waals surface area contributed by atoms with Crippen molar-refractivity contribution in [2.24, 2.45) is 0 Å². The van der Waals surface area contributed by atoms with Gasteiger partial charge < -0.3 is 20.3 Å². The zero-order chi connectivity index (χ0) is 20.6. The van der Waals surface area contributed by atoms with Crippen molar-refractivity contribution < 1.29 is 24.5 Å². The van der Waals surface area contributed by atoms with E-state index < -0.39 is 11.9 Å². The van der Waals surface area contributed by atoms with Gasteiger partial charge >= 0.3 is 5.97 Å². The van der Waals surface area contributed by atoms with Crippen molar-refractivity contribution in [3.8, 4) is 11.5 Å². The van der Waals surface area contributed by atoms with E-state index in [1.807, 2.05) is 26.8 Å². The Morgan fingerprint density at radius 3 is 2.44 bits per heavy atom. The first-order valence-corrected chi connectivity index (χ1v) is 8.85. The van der Waals surface area contributed by atoms with Crippen LogP contribution in [0.1, 0.15) is 55.1 Å². The molecule has 0 aromatic heterocycles. The molecule has 148 valence electrons. The van der Waals surface area contributed by atoms with E-state index in [2.05, 4.69) is 16.1 Å². The predicted molar refractivity (Wildman–Crippen MR) is 105 cm³/mol. The average Bonchev–Trinajstić information content (AvgIpc) is 2.58. The van der Waals surface area contributed by atoms with Gasteiger partial charge in [0.15, 0.2) is 0 Å². The molecule has 1 aromatic carbocycles. The molecule has 0 saturated carbocycles. The minimum absolute atomic E-state index is 0.0438. The number of esters is 1. The molecule has 0 bridgehead atoms. The molecular formula is C21H29NO5. The third-order valence-electron chi connectivity index (χ3n) is 4.17. The van der Waals surface area contributed by atoms with Crippen molar-refractivity contribution >= 4 is 11.9 Å². The van der Waals surface area contributed by atoms with Gasteiger partial charge in [-0.05, 0) is 58.6 Å². The van der Waals surface area contributed by atoms with E-state index in [4.69, 9.17) is 0 Å². The Labute approximate surface area is 160 Å². The van der Waals surface area contributed by atoms with Crippen LogP contribution in [-0.4, -0.2) is 35.7 Å². The van der Waals surface area contributed by atoms with Crippen LogP contribution in [0.3, 0.4) is 0 Å². The lowest BCUT2D eigenvalue weighted by atomic mass is 9.98. The second-order valence-corrected chi connectivity index (χ2v) is 6.75. The van der Waals surface area contributed by atoms with Gasteiger partial charge in [-0.25, -0.2) is 0 Å². The molecule has 27 heavy (non-hydrogen) atoms. The molecule has 0 saturated heterocycles. The Bertz CT molecular complexity index is 758. The lowest BCUT2D eigenvalue weighted by Crippen LogP contribution is -2.30. The van der Waals surface area contributed by atoms with Gasteiger partial charge in [0.1, 0.15) is 18.0 Å². The summed E-state index contributed by atoms with van der Waals surface area (Å²) in [5.41, 5.74) is 3.14. The van der Waals surface area contributed by atoms with Crippen molar-refractivity contribution in [2.75, 3.05) is 13.7 Å². The first kappa shape index (κ1) is 22.3. The summed E-state index contributed by atoms with van der Waals surface area (Å²) in [5.74, 6) is -1.53. The average molecular weight is 375 g/mol. The number of nitrogens with one attached hydrogen (secondary N) is 1. The van der Waals surface area contributed by atoms with Crippen LogP contribution in [-0.2, 0) is 16.0 Å². The van der Waals surface area contributed by atoms with Crippen LogP contribution in [0.2, 0.25) is 0 Å². The molecule has 0 aliphatic heterocycles. The maximum Gasteiger partial charge on any atom is 0.325 e. The number of phenols is 2. The summed E-state index contributed by atoms with van der Waals surface area (Å²) in [5, 5.41) is 23.1. The van der Waals surface area contributed by atoms with E-state index >= 15 is 0 Å². The van der Waals surface area contributed by atoms with Gasteiger partial charge in [0.05, 0.1) is 12.7 Å². The second kappa shape index (κ2) is 10.4. The number of hydrogen-bond donors (Lipinski definition) is 3. The van der Waals surface area contributed by atoms with Crippen LogP contribution < -0.4 is 5.32 Å². The SMILES string of the molecule is COC(=O)CNC(=O)c1c(C)cc(O)c(C/C=C(\C)CCC=C(C)C)c1O. The van der Waals surface area contributed by atoms with Crippen LogP contribution in [0.4, 0.5) is 0 Å². The maximum absolute atomic E-state index is 12.3. The fraction of sp³-hybridized carbons (Fsp3) is 0.429. The maximum atomic E-state index is 12.3. The fourth-order valence-electron chi connectivity index (χ4n) is 2.59. The molecule has 1 rings (SSSR count). The Morgan fingerprint density at radius 2 is 1.85 bits per heavy atom. The van der Waals surface area contributed by atoms with Gasteiger partial charge in [0.25, 0.3) is 5.91 Å². The Morgan fingerprint density at radius 1 is 1.19 bits per heavy atom. The summed E-state index contributed by atoms with van der Waals surface area (Å²) in [4.78, 5) is 23.5. The van der Waals surface area contributed by atoms with Crippen LogP contribution in [0.5, 0.6) is 11.5 Å². The highest BCUT2D eigenvalue weighted by Crippen LogP contribution is 2.34. The molecule has 3 N–H and O–H groups in total. The van der Waals surface area contributed by atoms with E-state index in [-0.39, 0.29) is 29.2 Å². The number of hydrogen-bond acceptors (Lipinski definition) is 5. The predicted octanol–water partition coefficient (Wildman–Crippen LogP) is 3.54. The largest absolute Gasteiger partial charge is 0.508 e. The molecular weight excluding hydrogens is 346 g/mol. The highest BCUT2D eigenvalue weighted by molar-refractivity contribution is 6.00. The number of allylic oxidation sites excluding steroid dienone is 4. The van der Waals surface area contributed by atoms with E-state index in [9.17, 15) is 19.8 Å². The Hall–Kier alpha value is -2.76. The second-order valence-electron chi connectivity index (χ2n) is 6.75. The van der Waals surface area contributed by atoms with Crippen LogP contribution in [0.25, 0.3) is 0 Å². The standard InChI is InChI=1S/C21H29NO5/c1-13(2)7-6-8-14(3)9-10-16-17(23)11-15(4)19(20(16)25)21(26)22-12-18(24)27-5/h7,9,11,23,25H,6,8,10,12H2,1-5H3,(H,22,26)/b14-9+. The number of aromatic hydroxyl groups is 2. The quantitative estimate of drug-likeness (QED) is 0.477. The van der Waals surface area contributed by atoms with E-state index in [0.717, 1.165) is 18.4 Å². The molecule has 0 fully saturated rings. The third kappa shape index (κ3) is 6.81. The lowest BCUT2D eigenvalue weighted by molar-refractivity contribution is -0.139. The van der Waals surface area contributed by atoms with Crippen molar-refractivity contribution in [1.29, 1.82) is 0 Å². The van der Waals surface area contributed by atoms with Crippen molar-refractivity contribution in [2.45, 2.75) is 47.0 Å². The molecule has 1 aromatic rings. The number of carbonyl (C=O) groups excluding carboxylic acids is 2. The summed E-state index contributed by atoms with van der Waals surface area (Å²) < 4.78 is 4.48. The fourth-order valence-corrected chi connectivity index (χ4v) is 2.59. The minimum atomic E-state index is -0.596. The molecule has 0 unspecified atom stereocenters. The van der Waals surface area contributed by atoms with Gasteiger partial charge in [-0.1, -0.05) is 23.3 Å². The van der Waals surface area contributed by atoms with Crippen molar-refractivity contribution in [1.82, 2.24) is 5.32 Å². The smallest absolute Gasteiger partial charge is 0.325 e. The number of rotatable bonds is 8. The number of methoxy groups -OCH3 is 1. The number of benzene rings is 1. The van der Waals surface area contributed by atoms with E-state index in [1.165, 1.54) is 18.7 Å². The molecule has 6 heteroatoms. The number of amides is 1. The molecule has 0 heterocycles. The van der Waals surface area contributed by atoms with Gasteiger partial charge in [-0.3, -0.25) is 9.59 Å². The van der Waals surface area contributed by atoms with Crippen molar-refractivity contribution in [3.63, 3.8) is 0 Å². The Balaban J connectivity index is 3.00. The summed E-state index contributed by atoms with van der Waals surface area (Å²) in [6.45, 7) is 7.40. The molecule has 1 amide bonds. The van der Waals surface area contributed by atoms with Crippen LogP contribution >= 0.6 is 0 Å². The minimum Gasteiger partial charge on any atom is -0.508 e. The van der Waals surface area contributed by atoms with E-state index in [1.54, 1.807) is 6.92 Å². The molecule has 6 nitrogen and oxygen atoms in total. The molecule has 0 spiro atoms. The molecule has 0 radical (unpaired) electrons. The van der Waals surface area contributed by atoms with Gasteiger partial charge in [-0.2, -0.15) is 0 Å². The van der Waals surface area contributed by atoms with Crippen molar-refractivity contribution in [3.05, 3.63) is 46.1 Å². The zero-order valence-corrected chi connectivity index (χ0v) is 16.7. The number of ether oxygens (including phenoxy) is 1. The highest BCUT2D eigenvalue weighted by atomic mass is 16.5. The van der Waals surface area contributed by atoms with Gasteiger partial charge in [0.2, 0.25) is 0 Å². The third-order valence-corrected chi connectivity index (χ3v) is 4.17. The lowest BCUT2D eigenvalue weighted by Gasteiger charge is -2.14. The van der Waals surface area contributed by atoms with Crippen LogP contribution in [0, 0.1) is 6.92 Å². The summed E-state index contributed by atoms with van der Waals surface area (Å²) >= 11 is 0. The number of carbonyl (C=O) groups is 2. The van der Waals surface area contributed by atoms with Gasteiger partial charge in [0, 0.05) is 5.56 Å². The summed E-state index contributed by atoms with van der Waals surface area (Å²) in [6.07, 6.45) is 6.19.